The Hall–Kier alpha value is -3.49. The molecule has 178 valence electrons. The van der Waals surface area contributed by atoms with Gasteiger partial charge in [-0.05, 0) is 31.0 Å². The Bertz CT molecular complexity index is 1240. The van der Waals surface area contributed by atoms with Crippen molar-refractivity contribution in [1.82, 2.24) is 14.0 Å². The Labute approximate surface area is 198 Å². The molecule has 4 rings (SSSR count). The van der Waals surface area contributed by atoms with E-state index >= 15 is 0 Å². The number of morpholine rings is 1. The summed E-state index contributed by atoms with van der Waals surface area (Å²) in [6.45, 7) is 6.37. The number of carbonyl (C=O) groups excluding carboxylic acids is 1. The molecule has 0 saturated carbocycles. The standard InChI is InChI=1S/C26H30N4O4/c1-19-14-28(15-20(2)34-19)17-22-10-6-7-11-23(22)27-24(31)18-30-25(32)12-13-29(26(30)33)16-21-8-4-3-5-9-21/h3-13,19-20H,14-18H2,1-2H3,(H,27,31). The van der Waals surface area contributed by atoms with Crippen molar-refractivity contribution in [3.05, 3.63) is 98.8 Å². The van der Waals surface area contributed by atoms with Crippen LogP contribution >= 0.6 is 0 Å². The van der Waals surface area contributed by atoms with E-state index in [1.54, 1.807) is 0 Å². The number of amides is 1. The van der Waals surface area contributed by atoms with Gasteiger partial charge >= 0.3 is 5.69 Å². The van der Waals surface area contributed by atoms with Gasteiger partial charge in [-0.2, -0.15) is 0 Å². The van der Waals surface area contributed by atoms with E-state index < -0.39 is 17.2 Å². The maximum atomic E-state index is 12.9. The van der Waals surface area contributed by atoms with E-state index in [0.29, 0.717) is 18.8 Å². The number of hydrogen-bond acceptors (Lipinski definition) is 5. The molecule has 1 aromatic heterocycles. The number of carbonyl (C=O) groups is 1. The molecule has 0 bridgehead atoms. The predicted molar refractivity (Wildman–Crippen MR) is 131 cm³/mol. The highest BCUT2D eigenvalue weighted by Crippen LogP contribution is 2.20. The molecular weight excluding hydrogens is 432 g/mol. The average molecular weight is 463 g/mol. The molecule has 0 aliphatic carbocycles. The van der Waals surface area contributed by atoms with Gasteiger partial charge in [-0.15, -0.1) is 0 Å². The van der Waals surface area contributed by atoms with Crippen LogP contribution in [-0.2, 0) is 29.2 Å². The fourth-order valence-electron chi connectivity index (χ4n) is 4.37. The third kappa shape index (κ3) is 5.89. The van der Waals surface area contributed by atoms with E-state index in [2.05, 4.69) is 24.1 Å². The van der Waals surface area contributed by atoms with Crippen LogP contribution in [0.3, 0.4) is 0 Å². The lowest BCUT2D eigenvalue weighted by molar-refractivity contribution is -0.116. The summed E-state index contributed by atoms with van der Waals surface area (Å²) in [6.07, 6.45) is 1.76. The van der Waals surface area contributed by atoms with Gasteiger partial charge in [0.25, 0.3) is 5.56 Å². The average Bonchev–Trinajstić information content (AvgIpc) is 2.80. The Balaban J connectivity index is 1.48. The molecule has 2 unspecified atom stereocenters. The van der Waals surface area contributed by atoms with Gasteiger partial charge in [0.2, 0.25) is 5.91 Å². The van der Waals surface area contributed by atoms with Crippen molar-refractivity contribution in [2.75, 3.05) is 18.4 Å². The lowest BCUT2D eigenvalue weighted by atomic mass is 10.1. The monoisotopic (exact) mass is 462 g/mol. The first-order valence-electron chi connectivity index (χ1n) is 11.5. The Kier molecular flexibility index (Phi) is 7.40. The van der Waals surface area contributed by atoms with Crippen molar-refractivity contribution in [2.24, 2.45) is 0 Å². The lowest BCUT2D eigenvalue weighted by Gasteiger charge is -2.35. The third-order valence-corrected chi connectivity index (χ3v) is 5.82. The van der Waals surface area contributed by atoms with Crippen LogP contribution in [0.4, 0.5) is 5.69 Å². The molecule has 8 nitrogen and oxygen atoms in total. The summed E-state index contributed by atoms with van der Waals surface area (Å²) >= 11 is 0. The minimum absolute atomic E-state index is 0.147. The number of ether oxygens (including phenoxy) is 1. The minimum atomic E-state index is -0.518. The maximum Gasteiger partial charge on any atom is 0.331 e. The second-order valence-corrected chi connectivity index (χ2v) is 8.79. The molecule has 0 radical (unpaired) electrons. The van der Waals surface area contributed by atoms with Crippen molar-refractivity contribution >= 4 is 11.6 Å². The van der Waals surface area contributed by atoms with Crippen molar-refractivity contribution in [3.63, 3.8) is 0 Å². The topological polar surface area (TPSA) is 85.6 Å². The van der Waals surface area contributed by atoms with Crippen LogP contribution in [0, 0.1) is 0 Å². The second-order valence-electron chi connectivity index (χ2n) is 8.79. The molecular formula is C26H30N4O4. The number of nitrogens with one attached hydrogen (secondary N) is 1. The quantitative estimate of drug-likeness (QED) is 0.583. The second kappa shape index (κ2) is 10.6. The van der Waals surface area contributed by atoms with Gasteiger partial charge < -0.3 is 10.1 Å². The van der Waals surface area contributed by atoms with E-state index in [4.69, 9.17) is 4.74 Å². The first-order valence-corrected chi connectivity index (χ1v) is 11.5. The van der Waals surface area contributed by atoms with E-state index in [1.165, 1.54) is 16.8 Å². The number of rotatable bonds is 7. The number of anilines is 1. The molecule has 2 heterocycles. The van der Waals surface area contributed by atoms with Gasteiger partial charge in [-0.1, -0.05) is 48.5 Å². The first kappa shape index (κ1) is 23.7. The normalized spacial score (nSPS) is 18.5. The van der Waals surface area contributed by atoms with Crippen LogP contribution in [0.2, 0.25) is 0 Å². The lowest BCUT2D eigenvalue weighted by Crippen LogP contribution is -2.45. The number of aromatic nitrogens is 2. The number of hydrogen-bond donors (Lipinski definition) is 1. The van der Waals surface area contributed by atoms with Gasteiger partial charge in [0.05, 0.1) is 18.8 Å². The zero-order valence-electron chi connectivity index (χ0n) is 19.5. The number of benzene rings is 2. The summed E-state index contributed by atoms with van der Waals surface area (Å²) in [6, 6.07) is 18.4. The Morgan fingerprint density at radius 3 is 2.35 bits per heavy atom. The van der Waals surface area contributed by atoms with Gasteiger partial charge in [-0.3, -0.25) is 23.6 Å². The van der Waals surface area contributed by atoms with E-state index in [-0.39, 0.29) is 18.8 Å². The molecule has 2 atom stereocenters. The number of para-hydroxylation sites is 1. The third-order valence-electron chi connectivity index (χ3n) is 5.82. The SMILES string of the molecule is CC1CN(Cc2ccccc2NC(=O)Cn2c(=O)ccn(Cc3ccccc3)c2=O)CC(C)O1. The molecule has 8 heteroatoms. The van der Waals surface area contributed by atoms with Gasteiger partial charge in [0.1, 0.15) is 6.54 Å². The molecule has 1 saturated heterocycles. The molecule has 1 N–H and O–H groups in total. The summed E-state index contributed by atoms with van der Waals surface area (Å²) in [5.41, 5.74) is 1.55. The van der Waals surface area contributed by atoms with Crippen molar-refractivity contribution in [3.8, 4) is 0 Å². The Morgan fingerprint density at radius 1 is 0.941 bits per heavy atom. The van der Waals surface area contributed by atoms with Crippen molar-refractivity contribution in [2.45, 2.75) is 45.7 Å². The zero-order valence-corrected chi connectivity index (χ0v) is 19.5. The highest BCUT2D eigenvalue weighted by molar-refractivity contribution is 5.91. The van der Waals surface area contributed by atoms with Gasteiger partial charge in [-0.25, -0.2) is 4.79 Å². The van der Waals surface area contributed by atoms with Gasteiger partial charge in [0, 0.05) is 37.6 Å². The molecule has 1 amide bonds. The zero-order chi connectivity index (χ0) is 24.1. The summed E-state index contributed by atoms with van der Waals surface area (Å²) in [5, 5.41) is 2.89. The summed E-state index contributed by atoms with van der Waals surface area (Å²) in [7, 11) is 0. The van der Waals surface area contributed by atoms with Crippen molar-refractivity contribution in [1.29, 1.82) is 0 Å². The van der Waals surface area contributed by atoms with Crippen LogP contribution in [0.1, 0.15) is 25.0 Å². The van der Waals surface area contributed by atoms with E-state index in [9.17, 15) is 14.4 Å². The van der Waals surface area contributed by atoms with Crippen LogP contribution in [-0.4, -0.2) is 45.2 Å². The fourth-order valence-corrected chi connectivity index (χ4v) is 4.37. The Morgan fingerprint density at radius 2 is 1.62 bits per heavy atom. The molecule has 1 aliphatic heterocycles. The fraction of sp³-hybridized carbons (Fsp3) is 0.346. The molecule has 2 aromatic carbocycles. The summed E-state index contributed by atoms with van der Waals surface area (Å²) in [4.78, 5) is 40.4. The van der Waals surface area contributed by atoms with Crippen LogP contribution < -0.4 is 16.6 Å². The van der Waals surface area contributed by atoms with Gasteiger partial charge in [0.15, 0.2) is 0 Å². The van der Waals surface area contributed by atoms with E-state index in [1.807, 2.05) is 54.6 Å². The summed E-state index contributed by atoms with van der Waals surface area (Å²) < 4.78 is 8.20. The van der Waals surface area contributed by atoms with Crippen LogP contribution in [0.15, 0.2) is 76.4 Å². The molecule has 3 aromatic rings. The smallest absolute Gasteiger partial charge is 0.331 e. The minimum Gasteiger partial charge on any atom is -0.373 e. The first-order chi connectivity index (χ1) is 16.4. The molecule has 34 heavy (non-hydrogen) atoms. The van der Waals surface area contributed by atoms with E-state index in [0.717, 1.165) is 28.8 Å². The maximum absolute atomic E-state index is 12.9. The molecule has 1 fully saturated rings. The largest absolute Gasteiger partial charge is 0.373 e. The number of nitrogens with zero attached hydrogens (tertiary/aromatic N) is 3. The van der Waals surface area contributed by atoms with Crippen molar-refractivity contribution < 1.29 is 9.53 Å². The predicted octanol–water partition coefficient (Wildman–Crippen LogP) is 2.31. The summed E-state index contributed by atoms with van der Waals surface area (Å²) in [5.74, 6) is -0.423. The molecule has 0 spiro atoms. The van der Waals surface area contributed by atoms with Crippen LogP contribution in [0.25, 0.3) is 0 Å². The highest BCUT2D eigenvalue weighted by atomic mass is 16.5. The molecule has 1 aliphatic rings. The highest BCUT2D eigenvalue weighted by Gasteiger charge is 2.23. The van der Waals surface area contributed by atoms with Crippen LogP contribution in [0.5, 0.6) is 0 Å².